The first-order valence-corrected chi connectivity index (χ1v) is 13.9. The number of aromatic nitrogens is 2. The molecule has 2 aromatic rings. The van der Waals surface area contributed by atoms with Gasteiger partial charge in [0.25, 0.3) is 0 Å². The number of hydrogen-bond acceptors (Lipinski definition) is 4. The van der Waals surface area contributed by atoms with E-state index in [0.29, 0.717) is 17.9 Å². The average Bonchev–Trinajstić information content (AvgIpc) is 3.46. The van der Waals surface area contributed by atoms with E-state index in [1.54, 1.807) is 18.6 Å². The molecule has 4 unspecified atom stereocenters. The fraction of sp³-hybridized carbons (Fsp3) is 0.640. The number of benzene rings is 1. The van der Waals surface area contributed by atoms with E-state index in [1.165, 1.54) is 6.07 Å². The van der Waals surface area contributed by atoms with Gasteiger partial charge >= 0.3 is 0 Å². The number of halogens is 1. The van der Waals surface area contributed by atoms with Crippen molar-refractivity contribution in [1.29, 1.82) is 0 Å². The van der Waals surface area contributed by atoms with E-state index in [1.807, 2.05) is 10.6 Å². The molecule has 8 rings (SSSR count). The first kappa shape index (κ1) is 20.6. The van der Waals surface area contributed by atoms with Crippen LogP contribution in [0.5, 0.6) is 0 Å². The Morgan fingerprint density at radius 3 is 2.70 bits per heavy atom. The Kier molecular flexibility index (Phi) is 4.30. The number of nitrogens with zero attached hydrogens (tertiary/aromatic N) is 2. The Morgan fingerprint density at radius 2 is 1.97 bits per heavy atom. The number of sulfonamides is 1. The zero-order valence-electron chi connectivity index (χ0n) is 18.5. The molecule has 0 amide bonds. The van der Waals surface area contributed by atoms with Crippen LogP contribution in [0.1, 0.15) is 63.0 Å². The molecule has 4 bridgehead atoms. The molecule has 2 N–H and O–H groups in total. The van der Waals surface area contributed by atoms with Gasteiger partial charge in [0.1, 0.15) is 5.82 Å². The lowest BCUT2D eigenvalue weighted by atomic mass is 9.46. The van der Waals surface area contributed by atoms with Gasteiger partial charge in [0.15, 0.2) is 0 Å². The minimum absolute atomic E-state index is 0.0115. The van der Waals surface area contributed by atoms with Crippen molar-refractivity contribution in [3.63, 3.8) is 0 Å². The molecule has 6 aliphatic rings. The molecule has 1 aromatic heterocycles. The maximum absolute atomic E-state index is 14.9. The molecule has 5 fully saturated rings. The van der Waals surface area contributed by atoms with Crippen LogP contribution < -0.4 is 4.72 Å². The minimum atomic E-state index is -3.22. The van der Waals surface area contributed by atoms with Gasteiger partial charge in [0.05, 0.1) is 35.6 Å². The second-order valence-corrected chi connectivity index (χ2v) is 13.4. The standard InChI is InChI=1S/C25H30FN3O3S/c26-19-3-1-2-18-21-12-27-13-29(21)20(23(18)19)8-22(30)25-9-14-6-15(10-25)24(16(7-14)11-25)28-33(31,32)17-4-5-17/h1-3,12-17,20,22,24,28,30H,4-11H2. The number of hydrogen-bond donors (Lipinski definition) is 2. The number of aliphatic hydroxyl groups excluding tert-OH is 1. The first-order valence-electron chi connectivity index (χ1n) is 12.3. The van der Waals surface area contributed by atoms with Crippen LogP contribution in [-0.2, 0) is 10.0 Å². The van der Waals surface area contributed by atoms with E-state index >= 15 is 0 Å². The lowest BCUT2D eigenvalue weighted by Gasteiger charge is -2.61. The average molecular weight is 472 g/mol. The van der Waals surface area contributed by atoms with Gasteiger partial charge in [0, 0.05) is 17.2 Å². The molecule has 0 spiro atoms. The maximum atomic E-state index is 14.9. The van der Waals surface area contributed by atoms with Gasteiger partial charge in [-0.2, -0.15) is 0 Å². The van der Waals surface area contributed by atoms with E-state index in [4.69, 9.17) is 0 Å². The van der Waals surface area contributed by atoms with Gasteiger partial charge in [-0.3, -0.25) is 0 Å². The van der Waals surface area contributed by atoms with Crippen molar-refractivity contribution in [3.05, 3.63) is 42.1 Å². The van der Waals surface area contributed by atoms with Crippen LogP contribution in [0.4, 0.5) is 4.39 Å². The second kappa shape index (κ2) is 6.89. The Balaban J connectivity index is 1.16. The van der Waals surface area contributed by atoms with E-state index < -0.39 is 16.1 Å². The van der Waals surface area contributed by atoms with Crippen LogP contribution in [-0.4, -0.2) is 40.5 Å². The fourth-order valence-electron chi connectivity index (χ4n) is 8.04. The highest BCUT2D eigenvalue weighted by molar-refractivity contribution is 7.90. The molecular weight excluding hydrogens is 441 g/mol. The molecule has 5 saturated carbocycles. The van der Waals surface area contributed by atoms with Crippen LogP contribution in [0, 0.1) is 29.0 Å². The van der Waals surface area contributed by atoms with Crippen molar-refractivity contribution in [3.8, 4) is 11.3 Å². The zero-order valence-corrected chi connectivity index (χ0v) is 19.3. The van der Waals surface area contributed by atoms with E-state index in [9.17, 15) is 17.9 Å². The maximum Gasteiger partial charge on any atom is 0.214 e. The Labute approximate surface area is 193 Å². The molecule has 6 nitrogen and oxygen atoms in total. The lowest BCUT2D eigenvalue weighted by molar-refractivity contribution is -0.134. The normalized spacial score (nSPS) is 37.2. The zero-order chi connectivity index (χ0) is 22.5. The summed E-state index contributed by atoms with van der Waals surface area (Å²) in [5.74, 6) is 0.898. The van der Waals surface area contributed by atoms with Crippen molar-refractivity contribution in [2.75, 3.05) is 0 Å². The van der Waals surface area contributed by atoms with Crippen LogP contribution in [0.15, 0.2) is 30.7 Å². The van der Waals surface area contributed by atoms with Gasteiger partial charge in [-0.1, -0.05) is 12.1 Å². The molecule has 0 saturated heterocycles. The monoisotopic (exact) mass is 471 g/mol. The lowest BCUT2D eigenvalue weighted by Crippen LogP contribution is -2.62. The Bertz CT molecular complexity index is 1210. The largest absolute Gasteiger partial charge is 0.392 e. The van der Waals surface area contributed by atoms with Crippen molar-refractivity contribution in [1.82, 2.24) is 14.3 Å². The first-order chi connectivity index (χ1) is 15.8. The van der Waals surface area contributed by atoms with Crippen LogP contribution >= 0.6 is 0 Å². The summed E-state index contributed by atoms with van der Waals surface area (Å²) in [6, 6.07) is 4.91. The smallest absolute Gasteiger partial charge is 0.214 e. The molecule has 1 aliphatic heterocycles. The molecule has 0 radical (unpaired) electrons. The van der Waals surface area contributed by atoms with E-state index in [2.05, 4.69) is 9.71 Å². The van der Waals surface area contributed by atoms with Crippen molar-refractivity contribution < 1.29 is 17.9 Å². The van der Waals surface area contributed by atoms with Gasteiger partial charge in [0.2, 0.25) is 10.0 Å². The SMILES string of the molecule is O=S(=O)(NC1C2CC3CC1CC(C(O)CC1c4c(F)cccc4-c4cncn41)(C3)C2)C1CC1. The number of aliphatic hydroxyl groups is 1. The predicted molar refractivity (Wildman–Crippen MR) is 121 cm³/mol. The third-order valence-corrected chi connectivity index (χ3v) is 11.4. The molecule has 176 valence electrons. The molecule has 8 heteroatoms. The highest BCUT2D eigenvalue weighted by Gasteiger charge is 2.59. The highest BCUT2D eigenvalue weighted by atomic mass is 32.2. The van der Waals surface area contributed by atoms with Crippen LogP contribution in [0.3, 0.4) is 0 Å². The summed E-state index contributed by atoms with van der Waals surface area (Å²) in [5, 5.41) is 11.5. The molecule has 5 aliphatic carbocycles. The minimum Gasteiger partial charge on any atom is -0.392 e. The van der Waals surface area contributed by atoms with E-state index in [0.717, 1.165) is 56.2 Å². The van der Waals surface area contributed by atoms with Crippen LogP contribution in [0.2, 0.25) is 0 Å². The summed E-state index contributed by atoms with van der Waals surface area (Å²) in [6.45, 7) is 0. The van der Waals surface area contributed by atoms with Crippen molar-refractivity contribution in [2.24, 2.45) is 23.2 Å². The van der Waals surface area contributed by atoms with Gasteiger partial charge < -0.3 is 9.67 Å². The predicted octanol–water partition coefficient (Wildman–Crippen LogP) is 3.62. The summed E-state index contributed by atoms with van der Waals surface area (Å²) < 4.78 is 45.3. The van der Waals surface area contributed by atoms with Crippen molar-refractivity contribution >= 4 is 10.0 Å². The van der Waals surface area contributed by atoms with Gasteiger partial charge in [-0.05, 0) is 80.6 Å². The second-order valence-electron chi connectivity index (χ2n) is 11.4. The highest BCUT2D eigenvalue weighted by Crippen LogP contribution is 2.62. The third kappa shape index (κ3) is 3.03. The fourth-order valence-corrected chi connectivity index (χ4v) is 9.76. The summed E-state index contributed by atoms with van der Waals surface area (Å²) in [4.78, 5) is 4.28. The van der Waals surface area contributed by atoms with Crippen LogP contribution in [0.25, 0.3) is 11.3 Å². The third-order valence-electron chi connectivity index (χ3n) is 9.40. The number of fused-ring (bicyclic) bond motifs is 3. The summed E-state index contributed by atoms with van der Waals surface area (Å²) in [5.41, 5.74) is 2.23. The quantitative estimate of drug-likeness (QED) is 0.674. The molecule has 33 heavy (non-hydrogen) atoms. The van der Waals surface area contributed by atoms with Gasteiger partial charge in [-0.15, -0.1) is 0 Å². The summed E-state index contributed by atoms with van der Waals surface area (Å²) in [6.07, 6.45) is 9.78. The van der Waals surface area contributed by atoms with E-state index in [-0.39, 0.29) is 40.4 Å². The molecule has 1 aromatic carbocycles. The molecule has 2 heterocycles. The number of imidazole rings is 1. The molecular formula is C25H30FN3O3S. The Morgan fingerprint density at radius 1 is 1.21 bits per heavy atom. The molecule has 4 atom stereocenters. The number of nitrogens with one attached hydrogen (secondary N) is 1. The summed E-state index contributed by atoms with van der Waals surface area (Å²) >= 11 is 0. The van der Waals surface area contributed by atoms with Crippen molar-refractivity contribution in [2.45, 2.75) is 74.8 Å². The Hall–Kier alpha value is -1.77. The van der Waals surface area contributed by atoms with Gasteiger partial charge in [-0.25, -0.2) is 22.5 Å². The summed E-state index contributed by atoms with van der Waals surface area (Å²) in [7, 11) is -3.22. The topological polar surface area (TPSA) is 84.2 Å². The number of rotatable bonds is 6.